The third kappa shape index (κ3) is 1.91. The van der Waals surface area contributed by atoms with Crippen molar-refractivity contribution in [3.05, 3.63) is 63.8 Å². The minimum atomic E-state index is -0.259. The van der Waals surface area contributed by atoms with Crippen molar-refractivity contribution in [2.45, 2.75) is 20.4 Å². The lowest BCUT2D eigenvalue weighted by Gasteiger charge is -2.08. The van der Waals surface area contributed by atoms with Gasteiger partial charge in [0.05, 0.1) is 5.71 Å². The molecule has 0 fully saturated rings. The quantitative estimate of drug-likeness (QED) is 0.691. The van der Waals surface area contributed by atoms with Gasteiger partial charge in [-0.15, -0.1) is 21.5 Å². The highest BCUT2D eigenvalue weighted by molar-refractivity contribution is 7.15. The predicted molar refractivity (Wildman–Crippen MR) is 84.5 cm³/mol. The molecule has 2 aromatic heterocycles. The van der Waals surface area contributed by atoms with E-state index in [2.05, 4.69) is 21.3 Å². The smallest absolute Gasteiger partial charge is 0.160 e. The Morgan fingerprint density at radius 1 is 1.14 bits per heavy atom. The zero-order chi connectivity index (χ0) is 15.3. The van der Waals surface area contributed by atoms with Crippen molar-refractivity contribution < 1.29 is 4.39 Å². The van der Waals surface area contributed by atoms with E-state index >= 15 is 0 Å². The number of fused-ring (bicyclic) bond motifs is 3. The molecule has 6 heteroatoms. The van der Waals surface area contributed by atoms with Crippen molar-refractivity contribution in [1.29, 1.82) is 0 Å². The van der Waals surface area contributed by atoms with E-state index in [0.29, 0.717) is 17.8 Å². The van der Waals surface area contributed by atoms with Crippen molar-refractivity contribution in [2.75, 3.05) is 0 Å². The van der Waals surface area contributed by atoms with Gasteiger partial charge in [-0.1, -0.05) is 12.1 Å². The van der Waals surface area contributed by atoms with Crippen molar-refractivity contribution in [3.8, 4) is 5.00 Å². The molecule has 4 rings (SSSR count). The van der Waals surface area contributed by atoms with Crippen LogP contribution in [0.2, 0.25) is 0 Å². The first-order valence-electron chi connectivity index (χ1n) is 6.96. The van der Waals surface area contributed by atoms with Crippen LogP contribution >= 0.6 is 11.3 Å². The van der Waals surface area contributed by atoms with E-state index in [4.69, 9.17) is 0 Å². The molecule has 0 bridgehead atoms. The Balaban J connectivity index is 2.00. The average Bonchev–Trinajstić information content (AvgIpc) is 3.00. The van der Waals surface area contributed by atoms with Gasteiger partial charge >= 0.3 is 0 Å². The summed E-state index contributed by atoms with van der Waals surface area (Å²) in [7, 11) is 0. The van der Waals surface area contributed by atoms with Crippen molar-refractivity contribution in [3.63, 3.8) is 0 Å². The molecule has 3 aromatic rings. The maximum atomic E-state index is 14.2. The second-order valence-electron chi connectivity index (χ2n) is 5.22. The molecule has 0 amide bonds. The lowest BCUT2D eigenvalue weighted by Crippen LogP contribution is -2.07. The molecule has 0 spiro atoms. The summed E-state index contributed by atoms with van der Waals surface area (Å²) in [5.74, 6) is 1.35. The molecule has 1 aliphatic rings. The third-order valence-electron chi connectivity index (χ3n) is 3.69. The SMILES string of the molecule is Cc1cc2c(s1)-n1c(C)nnc1CN=C2c1ccccc1F. The highest BCUT2D eigenvalue weighted by atomic mass is 32.1. The largest absolute Gasteiger partial charge is 0.276 e. The molecule has 4 nitrogen and oxygen atoms in total. The van der Waals surface area contributed by atoms with Gasteiger partial charge in [0, 0.05) is 16.0 Å². The molecule has 1 aromatic carbocycles. The van der Waals surface area contributed by atoms with E-state index in [1.165, 1.54) is 6.07 Å². The van der Waals surface area contributed by atoms with Crippen LogP contribution in [0.25, 0.3) is 5.00 Å². The van der Waals surface area contributed by atoms with Crippen LogP contribution in [0.4, 0.5) is 4.39 Å². The fourth-order valence-electron chi connectivity index (χ4n) is 2.73. The summed E-state index contributed by atoms with van der Waals surface area (Å²) in [4.78, 5) is 5.77. The molecule has 110 valence electrons. The van der Waals surface area contributed by atoms with E-state index in [1.54, 1.807) is 23.5 Å². The first-order chi connectivity index (χ1) is 10.6. The van der Waals surface area contributed by atoms with E-state index in [0.717, 1.165) is 27.1 Å². The fraction of sp³-hybridized carbons (Fsp3) is 0.188. The minimum Gasteiger partial charge on any atom is -0.276 e. The molecular weight excluding hydrogens is 299 g/mol. The van der Waals surface area contributed by atoms with Gasteiger partial charge in [0.15, 0.2) is 5.82 Å². The maximum Gasteiger partial charge on any atom is 0.160 e. The topological polar surface area (TPSA) is 43.1 Å². The second kappa shape index (κ2) is 4.84. The molecule has 3 heterocycles. The van der Waals surface area contributed by atoms with Crippen LogP contribution in [-0.2, 0) is 6.54 Å². The Bertz CT molecular complexity index is 907. The molecule has 1 aliphatic heterocycles. The van der Waals surface area contributed by atoms with E-state index < -0.39 is 0 Å². The van der Waals surface area contributed by atoms with Gasteiger partial charge in [-0.25, -0.2) is 4.39 Å². The Morgan fingerprint density at radius 2 is 1.95 bits per heavy atom. The van der Waals surface area contributed by atoms with Gasteiger partial charge in [0.1, 0.15) is 23.2 Å². The second-order valence-corrected chi connectivity index (χ2v) is 6.45. The molecule has 0 N–H and O–H groups in total. The summed E-state index contributed by atoms with van der Waals surface area (Å²) in [5, 5.41) is 9.34. The lowest BCUT2D eigenvalue weighted by molar-refractivity contribution is 0.625. The molecule has 0 aliphatic carbocycles. The zero-order valence-corrected chi connectivity index (χ0v) is 13.0. The third-order valence-corrected chi connectivity index (χ3v) is 4.73. The molecule has 0 radical (unpaired) electrons. The van der Waals surface area contributed by atoms with Crippen LogP contribution in [0.1, 0.15) is 27.7 Å². The van der Waals surface area contributed by atoms with Gasteiger partial charge in [-0.05, 0) is 32.0 Å². The Morgan fingerprint density at radius 3 is 2.77 bits per heavy atom. The summed E-state index contributed by atoms with van der Waals surface area (Å²) < 4.78 is 16.2. The normalized spacial score (nSPS) is 13.3. The number of halogens is 1. The standard InChI is InChI=1S/C16H13FN4S/c1-9-7-12-15(11-5-3-4-6-13(11)17)18-8-14-20-19-10(2)21(14)16(12)22-9/h3-7H,8H2,1-2H3. The van der Waals surface area contributed by atoms with Crippen LogP contribution in [0.5, 0.6) is 0 Å². The Hall–Kier alpha value is -2.34. The summed E-state index contributed by atoms with van der Waals surface area (Å²) in [6, 6.07) is 8.81. The van der Waals surface area contributed by atoms with Crippen LogP contribution in [0, 0.1) is 19.7 Å². The summed E-state index contributed by atoms with van der Waals surface area (Å²) >= 11 is 1.65. The minimum absolute atomic E-state index is 0.259. The molecule has 0 saturated carbocycles. The number of rotatable bonds is 1. The molecule has 0 atom stereocenters. The Labute approximate surface area is 131 Å². The lowest BCUT2D eigenvalue weighted by atomic mass is 10.0. The number of aliphatic imine (C=N–C) groups is 1. The number of benzene rings is 1. The number of aromatic nitrogens is 3. The predicted octanol–water partition coefficient (Wildman–Crippen LogP) is 3.44. The van der Waals surface area contributed by atoms with Crippen LogP contribution in [-0.4, -0.2) is 20.5 Å². The van der Waals surface area contributed by atoms with Gasteiger partial charge in [0.2, 0.25) is 0 Å². The molecule has 0 saturated heterocycles. The van der Waals surface area contributed by atoms with Crippen LogP contribution in [0.15, 0.2) is 35.3 Å². The summed E-state index contributed by atoms with van der Waals surface area (Å²) in [6.07, 6.45) is 0. The molecule has 0 unspecified atom stereocenters. The first-order valence-corrected chi connectivity index (χ1v) is 7.78. The van der Waals surface area contributed by atoms with Crippen LogP contribution < -0.4 is 0 Å². The van der Waals surface area contributed by atoms with Gasteiger partial charge in [0.25, 0.3) is 0 Å². The van der Waals surface area contributed by atoms with Crippen molar-refractivity contribution in [1.82, 2.24) is 14.8 Å². The monoisotopic (exact) mass is 312 g/mol. The number of thiophene rings is 1. The van der Waals surface area contributed by atoms with Gasteiger partial charge < -0.3 is 0 Å². The van der Waals surface area contributed by atoms with Gasteiger partial charge in [-0.3, -0.25) is 9.56 Å². The average molecular weight is 312 g/mol. The number of hydrogen-bond acceptors (Lipinski definition) is 4. The number of aryl methyl sites for hydroxylation is 2. The number of hydrogen-bond donors (Lipinski definition) is 0. The summed E-state index contributed by atoms with van der Waals surface area (Å²) in [6.45, 7) is 4.35. The fourth-order valence-corrected chi connectivity index (χ4v) is 3.81. The summed E-state index contributed by atoms with van der Waals surface area (Å²) in [5.41, 5.74) is 2.15. The van der Waals surface area contributed by atoms with Gasteiger partial charge in [-0.2, -0.15) is 0 Å². The van der Waals surface area contributed by atoms with E-state index in [1.807, 2.05) is 24.5 Å². The van der Waals surface area contributed by atoms with E-state index in [-0.39, 0.29) is 5.82 Å². The van der Waals surface area contributed by atoms with Crippen LogP contribution in [0.3, 0.4) is 0 Å². The maximum absolute atomic E-state index is 14.2. The highest BCUT2D eigenvalue weighted by Crippen LogP contribution is 2.32. The van der Waals surface area contributed by atoms with Crippen molar-refractivity contribution >= 4 is 17.0 Å². The Kier molecular flexibility index (Phi) is 2.94. The van der Waals surface area contributed by atoms with E-state index in [9.17, 15) is 4.39 Å². The zero-order valence-electron chi connectivity index (χ0n) is 12.2. The molecule has 22 heavy (non-hydrogen) atoms. The first kappa shape index (κ1) is 13.3. The number of nitrogens with zero attached hydrogens (tertiary/aromatic N) is 4. The molecular formula is C16H13FN4S. The van der Waals surface area contributed by atoms with Crippen molar-refractivity contribution in [2.24, 2.45) is 4.99 Å². The highest BCUT2D eigenvalue weighted by Gasteiger charge is 2.24.